The Morgan fingerprint density at radius 1 is 1.08 bits per heavy atom. The van der Waals surface area contributed by atoms with Crippen LogP contribution in [0.2, 0.25) is 0 Å². The number of rotatable bonds is 4. The zero-order chi connectivity index (χ0) is 18.0. The molecule has 0 N–H and O–H groups in total. The van der Waals surface area contributed by atoms with Crippen molar-refractivity contribution in [2.24, 2.45) is 5.92 Å². The van der Waals surface area contributed by atoms with Crippen LogP contribution in [-0.2, 0) is 16.4 Å². The van der Waals surface area contributed by atoms with Crippen LogP contribution in [0, 0.1) is 5.92 Å². The van der Waals surface area contributed by atoms with E-state index in [2.05, 4.69) is 20.4 Å². The van der Waals surface area contributed by atoms with Crippen LogP contribution in [0.1, 0.15) is 25.0 Å². The first-order valence-corrected chi connectivity index (χ1v) is 10.4. The minimum Gasteiger partial charge on any atom is -0.321 e. The van der Waals surface area contributed by atoms with Gasteiger partial charge in [0.1, 0.15) is 4.90 Å². The molecular weight excluding hydrogens is 348 g/mol. The smallest absolute Gasteiger partial charge is 0.244 e. The van der Waals surface area contributed by atoms with E-state index in [1.165, 1.54) is 6.20 Å². The summed E-state index contributed by atoms with van der Waals surface area (Å²) in [6, 6.07) is 7.38. The molecular formula is C19H22N4O2S. The zero-order valence-corrected chi connectivity index (χ0v) is 15.3. The monoisotopic (exact) mass is 370 g/mol. The van der Waals surface area contributed by atoms with Gasteiger partial charge in [0.15, 0.2) is 0 Å². The van der Waals surface area contributed by atoms with Crippen molar-refractivity contribution in [3.05, 3.63) is 60.9 Å². The summed E-state index contributed by atoms with van der Waals surface area (Å²) in [5, 5.41) is 0. The summed E-state index contributed by atoms with van der Waals surface area (Å²) in [4.78, 5) is 8.78. The molecule has 3 aromatic rings. The van der Waals surface area contributed by atoms with Crippen LogP contribution >= 0.6 is 0 Å². The van der Waals surface area contributed by atoms with Gasteiger partial charge in [-0.1, -0.05) is 0 Å². The van der Waals surface area contributed by atoms with Crippen molar-refractivity contribution >= 4 is 15.5 Å². The van der Waals surface area contributed by atoms with Crippen molar-refractivity contribution < 1.29 is 8.42 Å². The maximum Gasteiger partial charge on any atom is 0.244 e. The molecule has 1 atom stereocenters. The van der Waals surface area contributed by atoms with Gasteiger partial charge >= 0.3 is 0 Å². The molecule has 0 bridgehead atoms. The number of sulfonamides is 1. The van der Waals surface area contributed by atoms with Crippen LogP contribution in [-0.4, -0.2) is 40.2 Å². The van der Waals surface area contributed by atoms with E-state index in [0.717, 1.165) is 36.9 Å². The number of aromatic nitrogens is 3. The van der Waals surface area contributed by atoms with Gasteiger partial charge in [-0.25, -0.2) is 8.42 Å². The molecule has 4 rings (SSSR count). The van der Waals surface area contributed by atoms with Gasteiger partial charge in [0, 0.05) is 44.1 Å². The molecule has 0 radical (unpaired) electrons. The molecule has 6 nitrogen and oxygen atoms in total. The Bertz CT molecular complexity index is 985. The second-order valence-electron chi connectivity index (χ2n) is 6.77. The Morgan fingerprint density at radius 3 is 2.85 bits per heavy atom. The quantitative estimate of drug-likeness (QED) is 0.708. The third kappa shape index (κ3) is 3.37. The summed E-state index contributed by atoms with van der Waals surface area (Å²) >= 11 is 0. The number of fused-ring (bicyclic) bond motifs is 1. The zero-order valence-electron chi connectivity index (χ0n) is 14.5. The van der Waals surface area contributed by atoms with Gasteiger partial charge in [0.2, 0.25) is 10.0 Å². The SMILES string of the molecule is O=S(=O)(c1cccnc1)N1CCC[C@@H](Cc2nccn3cccc23)CC1. The fourth-order valence-corrected chi connectivity index (χ4v) is 5.15. The molecule has 1 fully saturated rings. The average molecular weight is 370 g/mol. The third-order valence-electron chi connectivity index (χ3n) is 5.09. The number of pyridine rings is 1. The van der Waals surface area contributed by atoms with Crippen molar-refractivity contribution in [2.45, 2.75) is 30.6 Å². The van der Waals surface area contributed by atoms with Gasteiger partial charge in [0.25, 0.3) is 0 Å². The van der Waals surface area contributed by atoms with Crippen LogP contribution in [0.3, 0.4) is 0 Å². The van der Waals surface area contributed by atoms with Gasteiger partial charge in [-0.3, -0.25) is 9.97 Å². The lowest BCUT2D eigenvalue weighted by atomic mass is 9.95. The van der Waals surface area contributed by atoms with E-state index < -0.39 is 10.0 Å². The molecule has 7 heteroatoms. The minimum absolute atomic E-state index is 0.276. The molecule has 1 aliphatic rings. The van der Waals surface area contributed by atoms with Crippen molar-refractivity contribution in [3.8, 4) is 0 Å². The first-order chi connectivity index (χ1) is 12.6. The van der Waals surface area contributed by atoms with E-state index in [-0.39, 0.29) is 4.90 Å². The number of hydrogen-bond donors (Lipinski definition) is 0. The summed E-state index contributed by atoms with van der Waals surface area (Å²) in [5.41, 5.74) is 2.22. The predicted octanol–water partition coefficient (Wildman–Crippen LogP) is 2.76. The summed E-state index contributed by atoms with van der Waals surface area (Å²) < 4.78 is 29.3. The predicted molar refractivity (Wildman–Crippen MR) is 99.2 cm³/mol. The van der Waals surface area contributed by atoms with E-state index in [1.54, 1.807) is 22.6 Å². The van der Waals surface area contributed by atoms with E-state index in [9.17, 15) is 8.42 Å². The normalized spacial score (nSPS) is 19.5. The molecule has 3 aromatic heterocycles. The van der Waals surface area contributed by atoms with Crippen molar-refractivity contribution in [1.82, 2.24) is 18.7 Å². The van der Waals surface area contributed by atoms with Crippen molar-refractivity contribution in [3.63, 3.8) is 0 Å². The topological polar surface area (TPSA) is 67.6 Å². The largest absolute Gasteiger partial charge is 0.321 e. The Hall–Kier alpha value is -2.25. The Balaban J connectivity index is 1.48. The molecule has 0 amide bonds. The lowest BCUT2D eigenvalue weighted by Gasteiger charge is -2.20. The highest BCUT2D eigenvalue weighted by Gasteiger charge is 2.28. The van der Waals surface area contributed by atoms with Gasteiger partial charge in [0.05, 0.1) is 11.2 Å². The first kappa shape index (κ1) is 17.2. The molecule has 1 saturated heterocycles. The van der Waals surface area contributed by atoms with E-state index in [1.807, 2.05) is 24.7 Å². The summed E-state index contributed by atoms with van der Waals surface area (Å²) in [6.45, 7) is 1.11. The van der Waals surface area contributed by atoms with E-state index in [4.69, 9.17) is 0 Å². The standard InChI is InChI=1S/C19H22N4O2S/c24-26(25,17-5-1-8-20-15-17)23-11-2-4-16(7-12-23)14-18-19-6-3-10-22(19)13-9-21-18/h1,3,5-6,8-10,13,15-16H,2,4,7,11-12,14H2/t16-/m1/s1. The number of nitrogens with zero attached hydrogens (tertiary/aromatic N) is 4. The molecule has 0 aromatic carbocycles. The second kappa shape index (κ2) is 7.17. The van der Waals surface area contributed by atoms with Crippen LogP contribution in [0.4, 0.5) is 0 Å². The molecule has 136 valence electrons. The highest BCUT2D eigenvalue weighted by Crippen LogP contribution is 2.26. The Morgan fingerprint density at radius 2 is 2.00 bits per heavy atom. The van der Waals surface area contributed by atoms with Gasteiger partial charge in [-0.05, 0) is 55.9 Å². The maximum absolute atomic E-state index is 12.8. The number of hydrogen-bond acceptors (Lipinski definition) is 4. The second-order valence-corrected chi connectivity index (χ2v) is 8.71. The van der Waals surface area contributed by atoms with Gasteiger partial charge in [-0.15, -0.1) is 0 Å². The maximum atomic E-state index is 12.8. The Labute approximate surface area is 153 Å². The van der Waals surface area contributed by atoms with Crippen LogP contribution in [0.5, 0.6) is 0 Å². The highest BCUT2D eigenvalue weighted by atomic mass is 32.2. The van der Waals surface area contributed by atoms with Crippen LogP contribution in [0.15, 0.2) is 60.1 Å². The molecule has 0 aliphatic carbocycles. The van der Waals surface area contributed by atoms with E-state index >= 15 is 0 Å². The molecule has 4 heterocycles. The third-order valence-corrected chi connectivity index (χ3v) is 6.98. The summed E-state index contributed by atoms with van der Waals surface area (Å²) in [6.07, 6.45) is 12.4. The molecule has 0 spiro atoms. The van der Waals surface area contributed by atoms with Crippen molar-refractivity contribution in [2.75, 3.05) is 13.1 Å². The summed E-state index contributed by atoms with van der Waals surface area (Å²) in [7, 11) is -3.46. The van der Waals surface area contributed by atoms with Crippen LogP contribution < -0.4 is 0 Å². The molecule has 26 heavy (non-hydrogen) atoms. The van der Waals surface area contributed by atoms with Gasteiger partial charge in [-0.2, -0.15) is 4.31 Å². The lowest BCUT2D eigenvalue weighted by molar-refractivity contribution is 0.409. The minimum atomic E-state index is -3.46. The lowest BCUT2D eigenvalue weighted by Crippen LogP contribution is -2.32. The van der Waals surface area contributed by atoms with Crippen LogP contribution in [0.25, 0.3) is 5.52 Å². The van der Waals surface area contributed by atoms with Gasteiger partial charge < -0.3 is 4.40 Å². The molecule has 0 unspecified atom stereocenters. The first-order valence-electron chi connectivity index (χ1n) is 8.95. The Kier molecular flexibility index (Phi) is 4.74. The van der Waals surface area contributed by atoms with Crippen molar-refractivity contribution in [1.29, 1.82) is 0 Å². The fourth-order valence-electron chi connectivity index (χ4n) is 3.69. The fraction of sp³-hybridized carbons (Fsp3) is 0.368. The molecule has 1 aliphatic heterocycles. The highest BCUT2D eigenvalue weighted by molar-refractivity contribution is 7.89. The molecule has 0 saturated carbocycles. The average Bonchev–Trinajstić information content (AvgIpc) is 3.02. The van der Waals surface area contributed by atoms with E-state index in [0.29, 0.717) is 19.0 Å². The summed E-state index contributed by atoms with van der Waals surface area (Å²) in [5.74, 6) is 0.442.